The second-order valence-electron chi connectivity index (χ2n) is 4.16. The van der Waals surface area contributed by atoms with Crippen LogP contribution in [-0.2, 0) is 0 Å². The molecule has 1 amide bonds. The number of hydrogen-bond acceptors (Lipinski definition) is 3. The number of nitrogens with one attached hydrogen (secondary N) is 1. The molecule has 0 bridgehead atoms. The van der Waals surface area contributed by atoms with Gasteiger partial charge >= 0.3 is 0 Å². The normalized spacial score (nSPS) is 14.1. The Morgan fingerprint density at radius 1 is 1.56 bits per heavy atom. The fourth-order valence-corrected chi connectivity index (χ4v) is 2.87. The molecule has 0 saturated heterocycles. The van der Waals surface area contributed by atoms with E-state index < -0.39 is 0 Å². The fraction of sp³-hybridized carbons (Fsp3) is 0.462. The summed E-state index contributed by atoms with van der Waals surface area (Å²) < 4.78 is 0.976. The Bertz CT molecular complexity index is 421. The van der Waals surface area contributed by atoms with Crippen molar-refractivity contribution in [1.82, 2.24) is 5.32 Å². The summed E-state index contributed by atoms with van der Waals surface area (Å²) in [6.45, 7) is 3.96. The Balaban J connectivity index is 2.79. The fourth-order valence-electron chi connectivity index (χ4n) is 1.64. The maximum atomic E-state index is 12.2. The Morgan fingerprint density at radius 3 is 2.78 bits per heavy atom. The van der Waals surface area contributed by atoms with E-state index >= 15 is 0 Å². The summed E-state index contributed by atoms with van der Waals surface area (Å²) in [6, 6.07) is 5.63. The molecule has 0 saturated carbocycles. The van der Waals surface area contributed by atoms with Crippen LogP contribution in [0.2, 0.25) is 0 Å². The van der Waals surface area contributed by atoms with Gasteiger partial charge in [0.2, 0.25) is 0 Å². The third kappa shape index (κ3) is 3.86. The Morgan fingerprint density at radius 2 is 2.22 bits per heavy atom. The lowest BCUT2D eigenvalue weighted by Crippen LogP contribution is -2.41. The highest BCUT2D eigenvalue weighted by molar-refractivity contribution is 14.1. The van der Waals surface area contributed by atoms with E-state index in [1.54, 1.807) is 11.8 Å². The molecule has 2 unspecified atom stereocenters. The predicted molar refractivity (Wildman–Crippen MR) is 85.2 cm³/mol. The van der Waals surface area contributed by atoms with Crippen molar-refractivity contribution >= 4 is 40.3 Å². The lowest BCUT2D eigenvalue weighted by atomic mass is 10.1. The van der Waals surface area contributed by atoms with Crippen LogP contribution in [0, 0.1) is 10.5 Å². The van der Waals surface area contributed by atoms with E-state index in [1.807, 2.05) is 38.3 Å². The van der Waals surface area contributed by atoms with Crippen LogP contribution in [0.25, 0.3) is 0 Å². The van der Waals surface area contributed by atoms with Crippen LogP contribution < -0.4 is 5.32 Å². The second kappa shape index (κ2) is 7.35. The number of rotatable bonds is 5. The van der Waals surface area contributed by atoms with Crippen LogP contribution in [0.3, 0.4) is 0 Å². The Kier molecular flexibility index (Phi) is 6.45. The first-order valence-corrected chi connectivity index (χ1v) is 8.07. The van der Waals surface area contributed by atoms with Gasteiger partial charge in [-0.2, -0.15) is 11.8 Å². The minimum Gasteiger partial charge on any atom is -0.395 e. The Hall–Kier alpha value is -0.270. The standard InChI is InChI=1S/C13H18INO2S/c1-8-5-4-6-10(12(8)14)13(17)15-9(2)11(7-16)18-3/h4-6,9,11,16H,7H2,1-3H3,(H,15,17). The molecule has 0 aliphatic heterocycles. The van der Waals surface area contributed by atoms with Crippen LogP contribution in [0.5, 0.6) is 0 Å². The van der Waals surface area contributed by atoms with Gasteiger partial charge in [0.25, 0.3) is 5.91 Å². The van der Waals surface area contributed by atoms with Gasteiger partial charge in [0.15, 0.2) is 0 Å². The topological polar surface area (TPSA) is 49.3 Å². The molecule has 0 spiro atoms. The third-order valence-electron chi connectivity index (χ3n) is 2.84. The molecule has 5 heteroatoms. The number of benzene rings is 1. The molecule has 0 heterocycles. The van der Waals surface area contributed by atoms with E-state index in [-0.39, 0.29) is 23.8 Å². The number of thioether (sulfide) groups is 1. The van der Waals surface area contributed by atoms with Crippen molar-refractivity contribution in [2.45, 2.75) is 25.1 Å². The van der Waals surface area contributed by atoms with Crippen molar-refractivity contribution < 1.29 is 9.90 Å². The third-order valence-corrected chi connectivity index (χ3v) is 5.43. The van der Waals surface area contributed by atoms with Crippen molar-refractivity contribution in [3.05, 3.63) is 32.9 Å². The van der Waals surface area contributed by atoms with E-state index in [4.69, 9.17) is 0 Å². The van der Waals surface area contributed by atoms with Crippen molar-refractivity contribution in [2.75, 3.05) is 12.9 Å². The molecular formula is C13H18INO2S. The zero-order chi connectivity index (χ0) is 13.7. The van der Waals surface area contributed by atoms with Crippen molar-refractivity contribution in [3.63, 3.8) is 0 Å². The molecular weight excluding hydrogens is 361 g/mol. The number of hydrogen-bond donors (Lipinski definition) is 2. The van der Waals surface area contributed by atoms with E-state index in [1.165, 1.54) is 0 Å². The van der Waals surface area contributed by atoms with E-state index in [0.29, 0.717) is 5.56 Å². The summed E-state index contributed by atoms with van der Waals surface area (Å²) in [7, 11) is 0. The van der Waals surface area contributed by atoms with Gasteiger partial charge in [0.05, 0.1) is 12.2 Å². The minimum atomic E-state index is -0.0805. The number of aliphatic hydroxyl groups excluding tert-OH is 1. The molecule has 18 heavy (non-hydrogen) atoms. The molecule has 2 N–H and O–H groups in total. The zero-order valence-electron chi connectivity index (χ0n) is 10.7. The highest BCUT2D eigenvalue weighted by Crippen LogP contribution is 2.17. The van der Waals surface area contributed by atoms with Crippen LogP contribution in [0.4, 0.5) is 0 Å². The first kappa shape index (κ1) is 15.8. The number of halogens is 1. The van der Waals surface area contributed by atoms with Crippen LogP contribution in [-0.4, -0.2) is 35.2 Å². The van der Waals surface area contributed by atoms with Gasteiger partial charge in [0.1, 0.15) is 0 Å². The molecule has 100 valence electrons. The largest absolute Gasteiger partial charge is 0.395 e. The molecule has 1 aromatic carbocycles. The average molecular weight is 379 g/mol. The lowest BCUT2D eigenvalue weighted by molar-refractivity contribution is 0.0935. The summed E-state index contributed by atoms with van der Waals surface area (Å²) in [5.74, 6) is -0.0805. The van der Waals surface area contributed by atoms with Gasteiger partial charge in [-0.15, -0.1) is 0 Å². The van der Waals surface area contributed by atoms with Gasteiger partial charge in [-0.1, -0.05) is 12.1 Å². The number of amides is 1. The zero-order valence-corrected chi connectivity index (χ0v) is 13.7. The molecule has 0 aromatic heterocycles. The maximum Gasteiger partial charge on any atom is 0.252 e. The predicted octanol–water partition coefficient (Wildman–Crippen LogP) is 2.44. The van der Waals surface area contributed by atoms with Crippen LogP contribution >= 0.6 is 34.4 Å². The van der Waals surface area contributed by atoms with Crippen LogP contribution in [0.1, 0.15) is 22.8 Å². The molecule has 2 atom stereocenters. The summed E-state index contributed by atoms with van der Waals surface area (Å²) in [5.41, 5.74) is 1.79. The van der Waals surface area contributed by atoms with Gasteiger partial charge in [-0.3, -0.25) is 4.79 Å². The lowest BCUT2D eigenvalue weighted by Gasteiger charge is -2.21. The van der Waals surface area contributed by atoms with Crippen molar-refractivity contribution in [1.29, 1.82) is 0 Å². The van der Waals surface area contributed by atoms with E-state index in [2.05, 4.69) is 27.9 Å². The van der Waals surface area contributed by atoms with Crippen LogP contribution in [0.15, 0.2) is 18.2 Å². The smallest absolute Gasteiger partial charge is 0.252 e. The number of aryl methyl sites for hydroxylation is 1. The first-order chi connectivity index (χ1) is 8.51. The molecule has 0 aliphatic carbocycles. The summed E-state index contributed by atoms with van der Waals surface area (Å²) in [5, 5.41) is 12.2. The molecule has 1 rings (SSSR count). The first-order valence-electron chi connectivity index (χ1n) is 5.70. The highest BCUT2D eigenvalue weighted by atomic mass is 127. The van der Waals surface area contributed by atoms with E-state index in [9.17, 15) is 9.90 Å². The molecule has 0 aliphatic rings. The second-order valence-corrected chi connectivity index (χ2v) is 6.31. The number of carbonyl (C=O) groups is 1. The molecule has 0 radical (unpaired) electrons. The number of aliphatic hydroxyl groups is 1. The summed E-state index contributed by atoms with van der Waals surface area (Å²) >= 11 is 3.74. The maximum absolute atomic E-state index is 12.2. The SMILES string of the molecule is CSC(CO)C(C)NC(=O)c1cccc(C)c1I. The quantitative estimate of drug-likeness (QED) is 0.773. The molecule has 1 aromatic rings. The van der Waals surface area contributed by atoms with Gasteiger partial charge < -0.3 is 10.4 Å². The van der Waals surface area contributed by atoms with Gasteiger partial charge in [-0.25, -0.2) is 0 Å². The average Bonchev–Trinajstić information content (AvgIpc) is 2.34. The minimum absolute atomic E-state index is 0.0245. The number of carbonyl (C=O) groups excluding carboxylic acids is 1. The van der Waals surface area contributed by atoms with Gasteiger partial charge in [0, 0.05) is 14.9 Å². The molecule has 3 nitrogen and oxygen atoms in total. The van der Waals surface area contributed by atoms with Crippen molar-refractivity contribution in [2.24, 2.45) is 0 Å². The summed E-state index contributed by atoms with van der Waals surface area (Å²) in [4.78, 5) is 12.2. The van der Waals surface area contributed by atoms with Gasteiger partial charge in [-0.05, 0) is 54.3 Å². The van der Waals surface area contributed by atoms with E-state index in [0.717, 1.165) is 9.13 Å². The monoisotopic (exact) mass is 379 g/mol. The summed E-state index contributed by atoms with van der Waals surface area (Å²) in [6.07, 6.45) is 1.93. The molecule has 0 fully saturated rings. The highest BCUT2D eigenvalue weighted by Gasteiger charge is 2.19. The Labute approximate surface area is 126 Å². The van der Waals surface area contributed by atoms with Crippen molar-refractivity contribution in [3.8, 4) is 0 Å².